The number of aliphatic hydroxyl groups excluding tert-OH is 1. The van der Waals surface area contributed by atoms with E-state index in [4.69, 9.17) is 4.74 Å². The van der Waals surface area contributed by atoms with Gasteiger partial charge in [-0.25, -0.2) is 0 Å². The standard InChI is InChI=1S/C16H14O6/c1-7-10(18)6-11(19)12-13(20)14(21)16(22-15(7)12)8-2-4-9(17)5-3-8/h2-6,14,16-19,21H,1H3/t14-,16+/m0/s1. The van der Waals surface area contributed by atoms with E-state index in [0.717, 1.165) is 6.07 Å². The van der Waals surface area contributed by atoms with Crippen LogP contribution in [-0.4, -0.2) is 32.3 Å². The minimum absolute atomic E-state index is 0.0471. The Morgan fingerprint density at radius 2 is 1.68 bits per heavy atom. The largest absolute Gasteiger partial charge is 0.508 e. The molecule has 2 aromatic rings. The van der Waals surface area contributed by atoms with Crippen LogP contribution in [0.5, 0.6) is 23.0 Å². The number of rotatable bonds is 1. The molecule has 0 saturated heterocycles. The summed E-state index contributed by atoms with van der Waals surface area (Å²) in [6, 6.07) is 6.93. The lowest BCUT2D eigenvalue weighted by molar-refractivity contribution is 0.0207. The smallest absolute Gasteiger partial charge is 0.202 e. The number of aliphatic hydroxyl groups is 1. The van der Waals surface area contributed by atoms with Gasteiger partial charge in [-0.3, -0.25) is 4.79 Å². The van der Waals surface area contributed by atoms with Crippen molar-refractivity contribution in [1.29, 1.82) is 0 Å². The maximum absolute atomic E-state index is 12.3. The SMILES string of the molecule is Cc1c(O)cc(O)c2c1O[C@H](c1ccc(O)cc1)[C@@H](O)C2=O. The van der Waals surface area contributed by atoms with Gasteiger partial charge in [0, 0.05) is 11.6 Å². The second-order valence-corrected chi connectivity index (χ2v) is 5.18. The van der Waals surface area contributed by atoms with E-state index in [0.29, 0.717) is 11.1 Å². The Bertz CT molecular complexity index is 750. The van der Waals surface area contributed by atoms with Crippen LogP contribution in [0.15, 0.2) is 30.3 Å². The number of hydrogen-bond acceptors (Lipinski definition) is 6. The average Bonchev–Trinajstić information content (AvgIpc) is 2.48. The van der Waals surface area contributed by atoms with Crippen molar-refractivity contribution in [2.45, 2.75) is 19.1 Å². The first kappa shape index (κ1) is 14.2. The normalized spacial score (nSPS) is 20.4. The predicted molar refractivity (Wildman–Crippen MR) is 76.3 cm³/mol. The van der Waals surface area contributed by atoms with Crippen LogP contribution in [-0.2, 0) is 0 Å². The van der Waals surface area contributed by atoms with Crippen LogP contribution in [0.4, 0.5) is 0 Å². The average molecular weight is 302 g/mol. The second kappa shape index (κ2) is 4.92. The Hall–Kier alpha value is -2.73. The third-order valence-corrected chi connectivity index (χ3v) is 3.75. The Labute approximate surface area is 125 Å². The van der Waals surface area contributed by atoms with E-state index in [1.807, 2.05) is 0 Å². The third-order valence-electron chi connectivity index (χ3n) is 3.75. The number of benzene rings is 2. The number of phenols is 3. The summed E-state index contributed by atoms with van der Waals surface area (Å²) in [5, 5.41) is 39.1. The van der Waals surface area contributed by atoms with Crippen molar-refractivity contribution in [3.63, 3.8) is 0 Å². The van der Waals surface area contributed by atoms with E-state index in [1.54, 1.807) is 6.92 Å². The maximum atomic E-state index is 12.3. The van der Waals surface area contributed by atoms with Gasteiger partial charge in [-0.05, 0) is 24.6 Å². The minimum Gasteiger partial charge on any atom is -0.508 e. The van der Waals surface area contributed by atoms with Crippen LogP contribution in [0.1, 0.15) is 27.6 Å². The van der Waals surface area contributed by atoms with Crippen molar-refractivity contribution in [3.05, 3.63) is 47.0 Å². The first-order valence-corrected chi connectivity index (χ1v) is 6.63. The topological polar surface area (TPSA) is 107 Å². The highest BCUT2D eigenvalue weighted by Crippen LogP contribution is 2.44. The number of carbonyl (C=O) groups is 1. The van der Waals surface area contributed by atoms with Crippen molar-refractivity contribution in [1.82, 2.24) is 0 Å². The van der Waals surface area contributed by atoms with Crippen LogP contribution in [0, 0.1) is 6.92 Å². The molecule has 1 aliphatic heterocycles. The zero-order chi connectivity index (χ0) is 16.0. The predicted octanol–water partition coefficient (Wildman–Crippen LogP) is 1.79. The van der Waals surface area contributed by atoms with Gasteiger partial charge in [-0.1, -0.05) is 12.1 Å². The highest BCUT2D eigenvalue weighted by Gasteiger charge is 2.40. The molecule has 0 aromatic heterocycles. The van der Waals surface area contributed by atoms with Gasteiger partial charge in [0.15, 0.2) is 12.2 Å². The number of ketones is 1. The molecule has 2 atom stereocenters. The monoisotopic (exact) mass is 302 g/mol. The molecule has 0 radical (unpaired) electrons. The number of carbonyl (C=O) groups excluding carboxylic acids is 1. The van der Waals surface area contributed by atoms with Gasteiger partial charge in [-0.15, -0.1) is 0 Å². The number of Topliss-reactive ketones (excluding diaryl/α,β-unsaturated/α-hetero) is 1. The van der Waals surface area contributed by atoms with Crippen molar-refractivity contribution >= 4 is 5.78 Å². The summed E-state index contributed by atoms with van der Waals surface area (Å²) in [6.45, 7) is 1.55. The lowest BCUT2D eigenvalue weighted by atomic mass is 9.91. The maximum Gasteiger partial charge on any atom is 0.202 e. The Morgan fingerprint density at radius 1 is 1.05 bits per heavy atom. The molecule has 2 aromatic carbocycles. The molecule has 22 heavy (non-hydrogen) atoms. The van der Waals surface area contributed by atoms with Gasteiger partial charge < -0.3 is 25.2 Å². The molecule has 0 amide bonds. The fourth-order valence-corrected chi connectivity index (χ4v) is 2.51. The molecule has 0 aliphatic carbocycles. The van der Waals surface area contributed by atoms with Gasteiger partial charge >= 0.3 is 0 Å². The molecule has 0 saturated carbocycles. The summed E-state index contributed by atoms with van der Waals surface area (Å²) >= 11 is 0. The molecule has 3 rings (SSSR count). The summed E-state index contributed by atoms with van der Waals surface area (Å²) in [5.41, 5.74) is 0.654. The molecule has 0 unspecified atom stereocenters. The summed E-state index contributed by atoms with van der Waals surface area (Å²) in [6.07, 6.45) is -2.48. The third kappa shape index (κ3) is 2.05. The first-order valence-electron chi connectivity index (χ1n) is 6.63. The van der Waals surface area contributed by atoms with Gasteiger partial charge in [-0.2, -0.15) is 0 Å². The van der Waals surface area contributed by atoms with E-state index in [9.17, 15) is 25.2 Å². The van der Waals surface area contributed by atoms with Crippen LogP contribution in [0.3, 0.4) is 0 Å². The van der Waals surface area contributed by atoms with E-state index in [1.165, 1.54) is 24.3 Å². The molecule has 0 bridgehead atoms. The lowest BCUT2D eigenvalue weighted by Gasteiger charge is -2.31. The van der Waals surface area contributed by atoms with Crippen molar-refractivity contribution in [2.24, 2.45) is 0 Å². The second-order valence-electron chi connectivity index (χ2n) is 5.18. The number of phenolic OH excluding ortho intramolecular Hbond substituents is 3. The van der Waals surface area contributed by atoms with Crippen LogP contribution >= 0.6 is 0 Å². The zero-order valence-electron chi connectivity index (χ0n) is 11.6. The number of hydrogen-bond donors (Lipinski definition) is 4. The molecule has 6 heteroatoms. The fourth-order valence-electron chi connectivity index (χ4n) is 2.51. The molecular formula is C16H14O6. The first-order chi connectivity index (χ1) is 10.4. The van der Waals surface area contributed by atoms with Gasteiger partial charge in [0.2, 0.25) is 5.78 Å². The van der Waals surface area contributed by atoms with E-state index < -0.39 is 23.7 Å². The van der Waals surface area contributed by atoms with Crippen molar-refractivity contribution in [3.8, 4) is 23.0 Å². The molecular weight excluding hydrogens is 288 g/mol. The molecule has 0 fully saturated rings. The van der Waals surface area contributed by atoms with E-state index in [-0.39, 0.29) is 22.8 Å². The molecule has 114 valence electrons. The van der Waals surface area contributed by atoms with Gasteiger partial charge in [0.05, 0.1) is 0 Å². The number of fused-ring (bicyclic) bond motifs is 1. The van der Waals surface area contributed by atoms with Crippen LogP contribution in [0.2, 0.25) is 0 Å². The molecule has 1 heterocycles. The van der Waals surface area contributed by atoms with Gasteiger partial charge in [0.25, 0.3) is 0 Å². The van der Waals surface area contributed by atoms with Crippen molar-refractivity contribution in [2.75, 3.05) is 0 Å². The summed E-state index contributed by atoms with van der Waals surface area (Å²) < 4.78 is 5.66. The summed E-state index contributed by atoms with van der Waals surface area (Å²) in [5.74, 6) is -1.23. The molecule has 1 aliphatic rings. The lowest BCUT2D eigenvalue weighted by Crippen LogP contribution is -2.36. The number of aromatic hydroxyl groups is 3. The van der Waals surface area contributed by atoms with Gasteiger partial charge in [0.1, 0.15) is 28.6 Å². The molecule has 4 N–H and O–H groups in total. The van der Waals surface area contributed by atoms with Crippen LogP contribution < -0.4 is 4.74 Å². The summed E-state index contributed by atoms with van der Waals surface area (Å²) in [7, 11) is 0. The molecule has 6 nitrogen and oxygen atoms in total. The zero-order valence-corrected chi connectivity index (χ0v) is 11.6. The quantitative estimate of drug-likeness (QED) is 0.640. The minimum atomic E-state index is -1.49. The highest BCUT2D eigenvalue weighted by molar-refractivity contribution is 6.06. The summed E-state index contributed by atoms with van der Waals surface area (Å²) in [4.78, 5) is 12.3. The van der Waals surface area contributed by atoms with E-state index >= 15 is 0 Å². The molecule has 0 spiro atoms. The van der Waals surface area contributed by atoms with Crippen molar-refractivity contribution < 1.29 is 30.0 Å². The Morgan fingerprint density at radius 3 is 2.32 bits per heavy atom. The fraction of sp³-hybridized carbons (Fsp3) is 0.188. The number of ether oxygens (including phenoxy) is 1. The Kier molecular flexibility index (Phi) is 3.18. The Balaban J connectivity index is 2.12. The highest BCUT2D eigenvalue weighted by atomic mass is 16.5. The van der Waals surface area contributed by atoms with E-state index in [2.05, 4.69) is 0 Å². The van der Waals surface area contributed by atoms with Crippen LogP contribution in [0.25, 0.3) is 0 Å².